The Bertz CT molecular complexity index is 1790. The van der Waals surface area contributed by atoms with Crippen molar-refractivity contribution in [3.63, 3.8) is 0 Å². The highest BCUT2D eigenvalue weighted by atomic mass is 16.5. The topological polar surface area (TPSA) is 91.0 Å². The maximum atomic E-state index is 13.6. The maximum absolute atomic E-state index is 13.6. The lowest BCUT2D eigenvalue weighted by Gasteiger charge is -2.29. The van der Waals surface area contributed by atoms with Crippen molar-refractivity contribution in [2.24, 2.45) is 0 Å². The summed E-state index contributed by atoms with van der Waals surface area (Å²) in [5, 5.41) is 12.7. The van der Waals surface area contributed by atoms with Crippen molar-refractivity contribution in [2.45, 2.75) is 37.8 Å². The van der Waals surface area contributed by atoms with Gasteiger partial charge in [0.25, 0.3) is 5.91 Å². The van der Waals surface area contributed by atoms with Crippen molar-refractivity contribution in [1.82, 2.24) is 24.9 Å². The highest BCUT2D eigenvalue weighted by Crippen LogP contribution is 2.27. The van der Waals surface area contributed by atoms with E-state index in [0.717, 1.165) is 28.2 Å². The summed E-state index contributed by atoms with van der Waals surface area (Å²) in [6.07, 6.45) is 2.44. The van der Waals surface area contributed by atoms with Crippen molar-refractivity contribution in [3.8, 4) is 33.9 Å². The van der Waals surface area contributed by atoms with Crippen molar-refractivity contribution in [2.75, 3.05) is 0 Å². The molecule has 1 amide bonds. The Kier molecular flexibility index (Phi) is 8.24. The van der Waals surface area contributed by atoms with Gasteiger partial charge in [-0.25, -0.2) is 14.2 Å². The molecule has 228 valence electrons. The zero-order valence-corrected chi connectivity index (χ0v) is 25.2. The van der Waals surface area contributed by atoms with Gasteiger partial charge in [-0.3, -0.25) is 4.79 Å². The third-order valence-corrected chi connectivity index (χ3v) is 8.28. The molecule has 0 aliphatic heterocycles. The molecule has 0 atom stereocenters. The fourth-order valence-corrected chi connectivity index (χ4v) is 5.90. The molecular weight excluding hydrogens is 574 g/mol. The first-order chi connectivity index (χ1) is 22.6. The molecule has 8 heteroatoms. The van der Waals surface area contributed by atoms with E-state index in [1.165, 1.54) is 0 Å². The van der Waals surface area contributed by atoms with E-state index in [0.29, 0.717) is 42.8 Å². The molecule has 1 aliphatic carbocycles. The van der Waals surface area contributed by atoms with Crippen LogP contribution < -0.4 is 5.32 Å². The number of amides is 1. The Morgan fingerprint density at radius 3 is 1.52 bits per heavy atom. The van der Waals surface area contributed by atoms with E-state index in [2.05, 4.69) is 5.32 Å². The molecule has 0 saturated heterocycles. The lowest BCUT2D eigenvalue weighted by atomic mass is 9.93. The van der Waals surface area contributed by atoms with Gasteiger partial charge >= 0.3 is 5.97 Å². The third-order valence-electron chi connectivity index (χ3n) is 8.28. The summed E-state index contributed by atoms with van der Waals surface area (Å²) in [6, 6.07) is 42.5. The number of nitrogens with zero attached hydrogens (tertiary/aromatic N) is 4. The largest absolute Gasteiger partial charge is 0.458 e. The first-order valence-corrected chi connectivity index (χ1v) is 15.6. The van der Waals surface area contributed by atoms with E-state index in [9.17, 15) is 9.59 Å². The fraction of sp³-hybridized carbons (Fsp3) is 0.158. The van der Waals surface area contributed by atoms with Gasteiger partial charge in [0.05, 0.1) is 22.8 Å². The van der Waals surface area contributed by atoms with Gasteiger partial charge in [-0.2, -0.15) is 10.2 Å². The summed E-state index contributed by atoms with van der Waals surface area (Å²) >= 11 is 0. The Hall–Kier alpha value is -5.76. The van der Waals surface area contributed by atoms with Crippen molar-refractivity contribution < 1.29 is 14.3 Å². The van der Waals surface area contributed by atoms with Gasteiger partial charge in [0, 0.05) is 17.2 Å². The molecule has 1 N–H and O–H groups in total. The summed E-state index contributed by atoms with van der Waals surface area (Å²) in [7, 11) is 0. The number of aromatic nitrogens is 4. The smallest absolute Gasteiger partial charge is 0.357 e. The van der Waals surface area contributed by atoms with E-state index in [-0.39, 0.29) is 18.1 Å². The van der Waals surface area contributed by atoms with Crippen molar-refractivity contribution in [3.05, 3.63) is 145 Å². The molecule has 0 unspecified atom stereocenters. The predicted molar refractivity (Wildman–Crippen MR) is 177 cm³/mol. The minimum absolute atomic E-state index is 0.0405. The van der Waals surface area contributed by atoms with Gasteiger partial charge in [0.2, 0.25) is 0 Å². The SMILES string of the molecule is O=C(NC1CCC(OC(=O)c2cc(-c3ccccc3)nn2-c2ccccc2)CC1)c1cc(-c2ccccc2)nn1-c1ccccc1. The summed E-state index contributed by atoms with van der Waals surface area (Å²) < 4.78 is 9.38. The Balaban J connectivity index is 1.03. The van der Waals surface area contributed by atoms with Crippen LogP contribution in [0.2, 0.25) is 0 Å². The molecule has 8 nitrogen and oxygen atoms in total. The average molecular weight is 608 g/mol. The number of nitrogens with one attached hydrogen (secondary N) is 1. The molecule has 6 aromatic rings. The fourth-order valence-electron chi connectivity index (χ4n) is 5.90. The first kappa shape index (κ1) is 29.0. The molecule has 46 heavy (non-hydrogen) atoms. The number of ether oxygens (including phenoxy) is 1. The van der Waals surface area contributed by atoms with Crippen LogP contribution in [-0.2, 0) is 4.74 Å². The zero-order valence-electron chi connectivity index (χ0n) is 25.2. The quantitative estimate of drug-likeness (QED) is 0.184. The molecule has 1 saturated carbocycles. The number of hydrogen-bond acceptors (Lipinski definition) is 5. The summed E-state index contributed by atoms with van der Waals surface area (Å²) in [6.45, 7) is 0. The number of para-hydroxylation sites is 2. The second kappa shape index (κ2) is 13.1. The van der Waals surface area contributed by atoms with Gasteiger partial charge in [0.15, 0.2) is 5.69 Å². The number of hydrogen-bond donors (Lipinski definition) is 1. The van der Waals surface area contributed by atoms with E-state index in [1.54, 1.807) is 15.4 Å². The number of rotatable bonds is 8. The average Bonchev–Trinajstić information content (AvgIpc) is 3.77. The Labute approximate surface area is 267 Å². The minimum Gasteiger partial charge on any atom is -0.458 e. The molecule has 1 fully saturated rings. The summed E-state index contributed by atoms with van der Waals surface area (Å²) in [5.74, 6) is -0.592. The Morgan fingerprint density at radius 2 is 1.02 bits per heavy atom. The molecule has 2 heterocycles. The standard InChI is InChI=1S/C38H33N5O3/c44-37(35-25-33(27-13-5-1-6-14-27)40-42(35)30-17-9-3-10-18-30)39-29-21-23-32(24-22-29)46-38(45)36-26-34(28-15-7-2-8-16-28)41-43(36)31-19-11-4-12-20-31/h1-20,25-26,29,32H,21-24H2,(H,39,44). The molecule has 0 spiro atoms. The van der Waals surface area contributed by atoms with Crippen LogP contribution in [0.15, 0.2) is 133 Å². The maximum Gasteiger partial charge on any atom is 0.357 e. The van der Waals surface area contributed by atoms with Gasteiger partial charge in [-0.05, 0) is 62.1 Å². The van der Waals surface area contributed by atoms with Gasteiger partial charge in [-0.15, -0.1) is 0 Å². The normalized spacial score (nSPS) is 16.1. The zero-order chi connectivity index (χ0) is 31.3. The molecular formula is C38H33N5O3. The predicted octanol–water partition coefficient (Wildman–Crippen LogP) is 7.29. The van der Waals surface area contributed by atoms with Crippen LogP contribution in [0.4, 0.5) is 0 Å². The lowest BCUT2D eigenvalue weighted by Crippen LogP contribution is -2.40. The molecule has 2 aromatic heterocycles. The van der Waals surface area contributed by atoms with E-state index < -0.39 is 5.97 Å². The molecule has 4 aromatic carbocycles. The molecule has 7 rings (SSSR count). The summed E-state index contributed by atoms with van der Waals surface area (Å²) in [5.41, 5.74) is 5.75. The number of carbonyl (C=O) groups is 2. The van der Waals surface area contributed by atoms with Crippen LogP contribution in [0.5, 0.6) is 0 Å². The van der Waals surface area contributed by atoms with Crippen molar-refractivity contribution >= 4 is 11.9 Å². The third kappa shape index (κ3) is 6.23. The van der Waals surface area contributed by atoms with E-state index in [1.807, 2.05) is 127 Å². The number of esters is 1. The van der Waals surface area contributed by atoms with Crippen LogP contribution in [0, 0.1) is 0 Å². The highest BCUT2D eigenvalue weighted by Gasteiger charge is 2.29. The van der Waals surface area contributed by atoms with E-state index in [4.69, 9.17) is 14.9 Å². The van der Waals surface area contributed by atoms with Crippen LogP contribution >= 0.6 is 0 Å². The minimum atomic E-state index is -0.411. The summed E-state index contributed by atoms with van der Waals surface area (Å²) in [4.78, 5) is 27.1. The van der Waals surface area contributed by atoms with Crippen LogP contribution in [0.25, 0.3) is 33.9 Å². The number of benzene rings is 4. The van der Waals surface area contributed by atoms with Gasteiger partial charge in [-0.1, -0.05) is 97.1 Å². The monoisotopic (exact) mass is 607 g/mol. The van der Waals surface area contributed by atoms with Gasteiger partial charge in [0.1, 0.15) is 11.8 Å². The van der Waals surface area contributed by atoms with Crippen LogP contribution in [0.3, 0.4) is 0 Å². The van der Waals surface area contributed by atoms with E-state index >= 15 is 0 Å². The number of carbonyl (C=O) groups excluding carboxylic acids is 2. The highest BCUT2D eigenvalue weighted by molar-refractivity contribution is 5.94. The molecule has 0 radical (unpaired) electrons. The lowest BCUT2D eigenvalue weighted by molar-refractivity contribution is 0.0174. The second-order valence-electron chi connectivity index (χ2n) is 11.4. The van der Waals surface area contributed by atoms with Crippen LogP contribution in [0.1, 0.15) is 46.7 Å². The first-order valence-electron chi connectivity index (χ1n) is 15.6. The van der Waals surface area contributed by atoms with Crippen molar-refractivity contribution in [1.29, 1.82) is 0 Å². The molecule has 1 aliphatic rings. The van der Waals surface area contributed by atoms with Crippen LogP contribution in [-0.4, -0.2) is 43.6 Å². The van der Waals surface area contributed by atoms with Gasteiger partial charge < -0.3 is 10.1 Å². The Morgan fingerprint density at radius 1 is 0.587 bits per heavy atom. The second-order valence-corrected chi connectivity index (χ2v) is 11.4. The molecule has 0 bridgehead atoms.